The molecule has 15 heavy (non-hydrogen) atoms. The predicted molar refractivity (Wildman–Crippen MR) is 45.8 cm³/mol. The van der Waals surface area contributed by atoms with E-state index in [-0.39, 0.29) is 11.7 Å². The van der Waals surface area contributed by atoms with E-state index >= 15 is 0 Å². The quantitative estimate of drug-likeness (QED) is 0.848. The molecule has 0 aliphatic rings. The van der Waals surface area contributed by atoms with Crippen molar-refractivity contribution in [3.63, 3.8) is 0 Å². The Morgan fingerprint density at radius 3 is 2.47 bits per heavy atom. The summed E-state index contributed by atoms with van der Waals surface area (Å²) in [4.78, 5) is 3.59. The molecular weight excluding hydrogens is 211 g/mol. The van der Waals surface area contributed by atoms with Gasteiger partial charge in [-0.1, -0.05) is 19.0 Å². The van der Waals surface area contributed by atoms with Crippen LogP contribution in [0.1, 0.15) is 31.6 Å². The normalized spacial score (nSPS) is 14.6. The second-order valence-electron chi connectivity index (χ2n) is 3.61. The Kier molecular flexibility index (Phi) is 3.33. The van der Waals surface area contributed by atoms with Gasteiger partial charge in [-0.05, 0) is 5.92 Å². The second kappa shape index (κ2) is 4.18. The summed E-state index contributed by atoms with van der Waals surface area (Å²) in [5.74, 6) is -0.292. The van der Waals surface area contributed by atoms with Crippen molar-refractivity contribution in [1.29, 1.82) is 0 Å². The molecule has 2 N–H and O–H groups in total. The largest absolute Gasteiger partial charge is 0.397 e. The monoisotopic (exact) mass is 223 g/mol. The molecule has 1 aromatic rings. The Morgan fingerprint density at radius 1 is 1.40 bits per heavy atom. The maximum Gasteiger partial charge on any atom is 0.397 e. The molecule has 0 radical (unpaired) electrons. The first-order valence-corrected chi connectivity index (χ1v) is 4.44. The van der Waals surface area contributed by atoms with Gasteiger partial charge >= 0.3 is 6.18 Å². The number of alkyl halides is 3. The van der Waals surface area contributed by atoms with E-state index < -0.39 is 24.5 Å². The molecule has 0 aliphatic heterocycles. The Labute approximate surface area is 84.6 Å². The molecule has 0 aromatic carbocycles. The Bertz CT molecular complexity index is 321. The third kappa shape index (κ3) is 3.50. The van der Waals surface area contributed by atoms with Crippen LogP contribution in [0, 0.1) is 5.92 Å². The number of halogens is 3. The first kappa shape index (κ1) is 12.0. The van der Waals surface area contributed by atoms with Gasteiger partial charge in [-0.15, -0.1) is 0 Å². The molecule has 0 spiro atoms. The lowest BCUT2D eigenvalue weighted by molar-refractivity contribution is -0.131. The number of rotatable bonds is 3. The van der Waals surface area contributed by atoms with Crippen LogP contribution in [0.4, 0.5) is 13.2 Å². The minimum absolute atomic E-state index is 0.0429. The van der Waals surface area contributed by atoms with Crippen LogP contribution in [0.25, 0.3) is 0 Å². The highest BCUT2D eigenvalue weighted by Crippen LogP contribution is 2.22. The van der Waals surface area contributed by atoms with Crippen LogP contribution in [0.15, 0.2) is 4.52 Å². The van der Waals surface area contributed by atoms with Crippen molar-refractivity contribution in [2.75, 3.05) is 0 Å². The van der Waals surface area contributed by atoms with E-state index in [2.05, 4.69) is 14.7 Å². The zero-order valence-electron chi connectivity index (χ0n) is 8.38. The van der Waals surface area contributed by atoms with E-state index in [0.29, 0.717) is 0 Å². The molecule has 4 nitrogen and oxygen atoms in total. The molecule has 0 saturated heterocycles. The summed E-state index contributed by atoms with van der Waals surface area (Å²) >= 11 is 0. The standard InChI is InChI=1S/C8H12F3N3O/c1-4(2)6(12)7-13-5(15-14-7)3-8(9,10)11/h4,6H,3,12H2,1-2H3. The first-order valence-electron chi connectivity index (χ1n) is 4.44. The zero-order valence-corrected chi connectivity index (χ0v) is 8.38. The van der Waals surface area contributed by atoms with Crippen LogP contribution in [-0.2, 0) is 6.42 Å². The second-order valence-corrected chi connectivity index (χ2v) is 3.61. The van der Waals surface area contributed by atoms with Crippen molar-refractivity contribution < 1.29 is 17.7 Å². The Balaban J connectivity index is 2.72. The lowest BCUT2D eigenvalue weighted by Gasteiger charge is -2.09. The predicted octanol–water partition coefficient (Wildman–Crippen LogP) is 1.83. The molecule has 0 bridgehead atoms. The van der Waals surface area contributed by atoms with Crippen molar-refractivity contribution >= 4 is 0 Å². The fourth-order valence-electron chi connectivity index (χ4n) is 0.945. The van der Waals surface area contributed by atoms with Gasteiger partial charge in [-0.25, -0.2) is 0 Å². The van der Waals surface area contributed by atoms with Gasteiger partial charge in [0.1, 0.15) is 6.42 Å². The SMILES string of the molecule is CC(C)C(N)c1noc(CC(F)(F)F)n1. The summed E-state index contributed by atoms with van der Waals surface area (Å²) in [6.07, 6.45) is -5.56. The van der Waals surface area contributed by atoms with Crippen molar-refractivity contribution in [2.45, 2.75) is 32.5 Å². The highest BCUT2D eigenvalue weighted by atomic mass is 19.4. The van der Waals surface area contributed by atoms with Gasteiger partial charge in [-0.3, -0.25) is 0 Å². The first-order chi connectivity index (χ1) is 6.79. The molecule has 1 atom stereocenters. The fourth-order valence-corrected chi connectivity index (χ4v) is 0.945. The van der Waals surface area contributed by atoms with Gasteiger partial charge in [0.25, 0.3) is 0 Å². The van der Waals surface area contributed by atoms with Crippen LogP contribution >= 0.6 is 0 Å². The number of nitrogens with zero attached hydrogens (tertiary/aromatic N) is 2. The summed E-state index contributed by atoms with van der Waals surface area (Å²) in [5.41, 5.74) is 5.65. The average molecular weight is 223 g/mol. The highest BCUT2D eigenvalue weighted by molar-refractivity contribution is 4.95. The third-order valence-corrected chi connectivity index (χ3v) is 1.85. The van der Waals surface area contributed by atoms with E-state index in [9.17, 15) is 13.2 Å². The summed E-state index contributed by atoms with van der Waals surface area (Å²) in [5, 5.41) is 3.41. The van der Waals surface area contributed by atoms with E-state index in [1.165, 1.54) is 0 Å². The van der Waals surface area contributed by atoms with E-state index in [4.69, 9.17) is 5.73 Å². The maximum atomic E-state index is 12.0. The number of hydrogen-bond donors (Lipinski definition) is 1. The molecule has 86 valence electrons. The lowest BCUT2D eigenvalue weighted by atomic mass is 10.1. The molecule has 0 aliphatic carbocycles. The van der Waals surface area contributed by atoms with Crippen molar-refractivity contribution in [1.82, 2.24) is 10.1 Å². The Hall–Kier alpha value is -1.11. The molecule has 1 aromatic heterocycles. The summed E-state index contributed by atoms with van der Waals surface area (Å²) < 4.78 is 40.3. The van der Waals surface area contributed by atoms with Gasteiger partial charge < -0.3 is 10.3 Å². The molecule has 0 fully saturated rings. The van der Waals surface area contributed by atoms with E-state index in [0.717, 1.165) is 0 Å². The highest BCUT2D eigenvalue weighted by Gasteiger charge is 2.31. The van der Waals surface area contributed by atoms with Gasteiger partial charge in [0.05, 0.1) is 6.04 Å². The van der Waals surface area contributed by atoms with Gasteiger partial charge in [-0.2, -0.15) is 18.2 Å². The molecule has 1 unspecified atom stereocenters. The smallest absolute Gasteiger partial charge is 0.339 e. The molecule has 1 rings (SSSR count). The minimum atomic E-state index is -4.34. The number of hydrogen-bond acceptors (Lipinski definition) is 4. The van der Waals surface area contributed by atoms with Crippen molar-refractivity contribution in [3.05, 3.63) is 11.7 Å². The van der Waals surface area contributed by atoms with Crippen LogP contribution in [0.3, 0.4) is 0 Å². The van der Waals surface area contributed by atoms with Crippen LogP contribution < -0.4 is 5.73 Å². The summed E-state index contributed by atoms with van der Waals surface area (Å²) in [7, 11) is 0. The van der Waals surface area contributed by atoms with E-state index in [1.54, 1.807) is 0 Å². The zero-order chi connectivity index (χ0) is 11.6. The number of aromatic nitrogens is 2. The molecule has 7 heteroatoms. The van der Waals surface area contributed by atoms with Crippen LogP contribution in [0.2, 0.25) is 0 Å². The summed E-state index contributed by atoms with van der Waals surface area (Å²) in [6.45, 7) is 3.65. The molecule has 1 heterocycles. The van der Waals surface area contributed by atoms with Gasteiger partial charge in [0.15, 0.2) is 5.82 Å². The summed E-state index contributed by atoms with van der Waals surface area (Å²) in [6, 6.07) is -0.504. The van der Waals surface area contributed by atoms with Crippen molar-refractivity contribution in [3.8, 4) is 0 Å². The lowest BCUT2D eigenvalue weighted by Crippen LogP contribution is -2.18. The maximum absolute atomic E-state index is 12.0. The fraction of sp³-hybridized carbons (Fsp3) is 0.750. The Morgan fingerprint density at radius 2 is 2.00 bits per heavy atom. The van der Waals surface area contributed by atoms with Gasteiger partial charge in [0, 0.05) is 0 Å². The molecule has 0 saturated carbocycles. The molecular formula is C8H12F3N3O. The third-order valence-electron chi connectivity index (χ3n) is 1.85. The van der Waals surface area contributed by atoms with Gasteiger partial charge in [0.2, 0.25) is 5.89 Å². The molecule has 0 amide bonds. The van der Waals surface area contributed by atoms with E-state index in [1.807, 2.05) is 13.8 Å². The number of nitrogens with two attached hydrogens (primary N) is 1. The van der Waals surface area contributed by atoms with Crippen LogP contribution in [0.5, 0.6) is 0 Å². The average Bonchev–Trinajstić information content (AvgIpc) is 2.48. The minimum Gasteiger partial charge on any atom is -0.339 e. The van der Waals surface area contributed by atoms with Crippen LogP contribution in [-0.4, -0.2) is 16.3 Å². The van der Waals surface area contributed by atoms with Crippen molar-refractivity contribution in [2.24, 2.45) is 11.7 Å². The topological polar surface area (TPSA) is 64.9 Å².